The maximum Gasteiger partial charge on any atom is 0.223 e. The van der Waals surface area contributed by atoms with Gasteiger partial charge in [-0.15, -0.1) is 0 Å². The van der Waals surface area contributed by atoms with E-state index < -0.39 is 0 Å². The van der Waals surface area contributed by atoms with Gasteiger partial charge in [-0.05, 0) is 30.5 Å². The Labute approximate surface area is 117 Å². The lowest BCUT2D eigenvalue weighted by Crippen LogP contribution is -2.33. The number of anilines is 2. The van der Waals surface area contributed by atoms with Gasteiger partial charge in [0.25, 0.3) is 0 Å². The molecule has 20 heavy (non-hydrogen) atoms. The van der Waals surface area contributed by atoms with Crippen LogP contribution >= 0.6 is 0 Å². The molecule has 1 aromatic carbocycles. The van der Waals surface area contributed by atoms with Gasteiger partial charge in [-0.1, -0.05) is 6.07 Å². The number of hydrogen-bond acceptors (Lipinski definition) is 4. The molecule has 1 aliphatic heterocycles. The number of carbonyl (C=O) groups is 1. The molecule has 5 heteroatoms. The van der Waals surface area contributed by atoms with Crippen molar-refractivity contribution < 1.29 is 4.79 Å². The first-order valence-electron chi connectivity index (χ1n) is 6.33. The van der Waals surface area contributed by atoms with Gasteiger partial charge in [0.2, 0.25) is 5.91 Å². The van der Waals surface area contributed by atoms with Crippen LogP contribution in [0, 0.1) is 22.7 Å². The first kappa shape index (κ1) is 13.6. The Bertz CT molecular complexity index is 633. The van der Waals surface area contributed by atoms with Gasteiger partial charge in [-0.2, -0.15) is 10.5 Å². The third kappa shape index (κ3) is 2.78. The third-order valence-corrected chi connectivity index (χ3v) is 3.21. The largest absolute Gasteiger partial charge is 0.360 e. The van der Waals surface area contributed by atoms with Crippen LogP contribution in [0.4, 0.5) is 11.4 Å². The Morgan fingerprint density at radius 2 is 2.15 bits per heavy atom. The zero-order valence-corrected chi connectivity index (χ0v) is 11.2. The second kappa shape index (κ2) is 5.90. The molecule has 1 aliphatic rings. The number of nitrogens with one attached hydrogen (secondary N) is 1. The van der Waals surface area contributed by atoms with Crippen LogP contribution in [0.25, 0.3) is 0 Å². The zero-order valence-electron chi connectivity index (χ0n) is 11.2. The second-order valence-electron chi connectivity index (χ2n) is 4.54. The van der Waals surface area contributed by atoms with E-state index in [0.717, 1.165) is 36.3 Å². The van der Waals surface area contributed by atoms with E-state index in [-0.39, 0.29) is 11.5 Å². The summed E-state index contributed by atoms with van der Waals surface area (Å²) in [6.45, 7) is 2.28. The van der Waals surface area contributed by atoms with Crippen molar-refractivity contribution in [1.82, 2.24) is 0 Å². The molecule has 0 radical (unpaired) electrons. The number of nitrogens with zero attached hydrogens (tertiary/aromatic N) is 3. The van der Waals surface area contributed by atoms with E-state index in [0.29, 0.717) is 0 Å². The van der Waals surface area contributed by atoms with Crippen LogP contribution in [0.15, 0.2) is 30.0 Å². The van der Waals surface area contributed by atoms with Crippen LogP contribution < -0.4 is 10.2 Å². The molecular formula is C15H14N4O. The van der Waals surface area contributed by atoms with Crippen LogP contribution in [0.5, 0.6) is 0 Å². The van der Waals surface area contributed by atoms with Crippen molar-refractivity contribution in [2.75, 3.05) is 16.8 Å². The van der Waals surface area contributed by atoms with Gasteiger partial charge < -0.3 is 10.2 Å². The Morgan fingerprint density at radius 1 is 1.40 bits per heavy atom. The number of rotatable bonds is 2. The lowest BCUT2D eigenvalue weighted by molar-refractivity contribution is -0.116. The molecule has 0 saturated carbocycles. The zero-order chi connectivity index (χ0) is 14.5. The number of nitriles is 2. The Morgan fingerprint density at radius 3 is 2.80 bits per heavy atom. The fourth-order valence-corrected chi connectivity index (χ4v) is 2.24. The SMILES string of the molecule is CC(=O)N1CCCc2ccc(NC=C(C#N)C#N)cc21. The van der Waals surface area contributed by atoms with Crippen molar-refractivity contribution in [2.45, 2.75) is 19.8 Å². The van der Waals surface area contributed by atoms with Crippen LogP contribution in [-0.2, 0) is 11.2 Å². The minimum atomic E-state index is 0.00569. The summed E-state index contributed by atoms with van der Waals surface area (Å²) in [6.07, 6.45) is 3.28. The van der Waals surface area contributed by atoms with Crippen molar-refractivity contribution in [1.29, 1.82) is 10.5 Å². The predicted molar refractivity (Wildman–Crippen MR) is 75.7 cm³/mol. The molecule has 5 nitrogen and oxygen atoms in total. The summed E-state index contributed by atoms with van der Waals surface area (Å²) in [7, 11) is 0. The molecule has 2 rings (SSSR count). The normalized spacial score (nSPS) is 12.7. The average molecular weight is 266 g/mol. The van der Waals surface area contributed by atoms with E-state index in [1.54, 1.807) is 24.0 Å². The van der Waals surface area contributed by atoms with E-state index in [4.69, 9.17) is 10.5 Å². The van der Waals surface area contributed by atoms with Gasteiger partial charge in [0.1, 0.15) is 17.7 Å². The highest BCUT2D eigenvalue weighted by molar-refractivity contribution is 5.93. The van der Waals surface area contributed by atoms with Crippen molar-refractivity contribution in [2.24, 2.45) is 0 Å². The summed E-state index contributed by atoms with van der Waals surface area (Å²) in [5.74, 6) is 0.0216. The Hall–Kier alpha value is -2.79. The molecule has 0 aromatic heterocycles. The smallest absolute Gasteiger partial charge is 0.223 e. The third-order valence-electron chi connectivity index (χ3n) is 3.21. The predicted octanol–water partition coefficient (Wildman–Crippen LogP) is 2.33. The molecule has 1 heterocycles. The molecular weight excluding hydrogens is 252 g/mol. The molecule has 100 valence electrons. The van der Waals surface area contributed by atoms with Gasteiger partial charge in [0, 0.05) is 31.0 Å². The molecule has 0 spiro atoms. The first-order valence-corrected chi connectivity index (χ1v) is 6.33. The summed E-state index contributed by atoms with van der Waals surface area (Å²) in [6, 6.07) is 9.29. The fourth-order valence-electron chi connectivity index (χ4n) is 2.24. The summed E-state index contributed by atoms with van der Waals surface area (Å²) in [5, 5.41) is 20.3. The number of aryl methyl sites for hydroxylation is 1. The molecule has 0 unspecified atom stereocenters. The molecule has 0 fully saturated rings. The summed E-state index contributed by atoms with van der Waals surface area (Å²) >= 11 is 0. The highest BCUT2D eigenvalue weighted by Gasteiger charge is 2.19. The van der Waals surface area contributed by atoms with Crippen molar-refractivity contribution in [3.8, 4) is 12.1 Å². The van der Waals surface area contributed by atoms with Gasteiger partial charge >= 0.3 is 0 Å². The molecule has 1 aromatic rings. The van der Waals surface area contributed by atoms with E-state index >= 15 is 0 Å². The van der Waals surface area contributed by atoms with E-state index in [1.807, 2.05) is 18.2 Å². The van der Waals surface area contributed by atoms with Crippen LogP contribution in [-0.4, -0.2) is 12.5 Å². The highest BCUT2D eigenvalue weighted by Crippen LogP contribution is 2.30. The standard InChI is InChI=1S/C15H14N4O/c1-11(20)19-6-2-3-13-4-5-14(7-15(13)19)18-10-12(8-16)9-17/h4-5,7,10,18H,2-3,6H2,1H3. The minimum Gasteiger partial charge on any atom is -0.360 e. The lowest BCUT2D eigenvalue weighted by atomic mass is 10.0. The molecule has 0 saturated heterocycles. The van der Waals surface area contributed by atoms with Gasteiger partial charge in [0.05, 0.1) is 0 Å². The van der Waals surface area contributed by atoms with E-state index in [2.05, 4.69) is 5.32 Å². The number of fused-ring (bicyclic) bond motifs is 1. The monoisotopic (exact) mass is 266 g/mol. The van der Waals surface area contributed by atoms with Gasteiger partial charge in [-0.3, -0.25) is 4.79 Å². The Kier molecular flexibility index (Phi) is 4.02. The number of amides is 1. The minimum absolute atomic E-state index is 0.00569. The van der Waals surface area contributed by atoms with Crippen molar-refractivity contribution >= 4 is 17.3 Å². The molecule has 0 bridgehead atoms. The summed E-state index contributed by atoms with van der Waals surface area (Å²) < 4.78 is 0. The van der Waals surface area contributed by atoms with Crippen LogP contribution in [0.1, 0.15) is 18.9 Å². The topological polar surface area (TPSA) is 79.9 Å². The number of allylic oxidation sites excluding steroid dienone is 1. The Balaban J connectivity index is 2.29. The maximum absolute atomic E-state index is 11.6. The maximum atomic E-state index is 11.6. The fraction of sp³-hybridized carbons (Fsp3) is 0.267. The molecule has 1 N–H and O–H groups in total. The second-order valence-corrected chi connectivity index (χ2v) is 4.54. The lowest BCUT2D eigenvalue weighted by Gasteiger charge is -2.29. The van der Waals surface area contributed by atoms with Crippen molar-refractivity contribution in [3.05, 3.63) is 35.5 Å². The quantitative estimate of drug-likeness (QED) is 0.833. The molecule has 0 aliphatic carbocycles. The first-order chi connectivity index (χ1) is 9.65. The summed E-state index contributed by atoms with van der Waals surface area (Å²) in [5.41, 5.74) is 2.80. The number of hydrogen-bond donors (Lipinski definition) is 1. The summed E-state index contributed by atoms with van der Waals surface area (Å²) in [4.78, 5) is 13.4. The van der Waals surface area contributed by atoms with Gasteiger partial charge in [-0.25, -0.2) is 0 Å². The van der Waals surface area contributed by atoms with Crippen molar-refractivity contribution in [3.63, 3.8) is 0 Å². The number of carbonyl (C=O) groups excluding carboxylic acids is 1. The number of benzene rings is 1. The van der Waals surface area contributed by atoms with E-state index in [1.165, 1.54) is 6.20 Å². The molecule has 1 amide bonds. The van der Waals surface area contributed by atoms with Crippen LogP contribution in [0.2, 0.25) is 0 Å². The highest BCUT2D eigenvalue weighted by atomic mass is 16.2. The molecule has 0 atom stereocenters. The van der Waals surface area contributed by atoms with Crippen LogP contribution in [0.3, 0.4) is 0 Å². The van der Waals surface area contributed by atoms with E-state index in [9.17, 15) is 4.79 Å². The average Bonchev–Trinajstić information content (AvgIpc) is 2.47. The van der Waals surface area contributed by atoms with Gasteiger partial charge in [0.15, 0.2) is 0 Å².